The van der Waals surface area contributed by atoms with Gasteiger partial charge in [-0.2, -0.15) is 0 Å². The van der Waals surface area contributed by atoms with Crippen molar-refractivity contribution in [2.75, 3.05) is 19.6 Å². The fraction of sp³-hybridized carbons (Fsp3) is 0.389. The molecule has 0 atom stereocenters. The zero-order chi connectivity index (χ0) is 15.2. The average Bonchev–Trinajstić information content (AvgIpc) is 3.10. The smallest absolute Gasteiger partial charge is 0.261 e. The van der Waals surface area contributed by atoms with Crippen LogP contribution < -0.4 is 5.32 Å². The van der Waals surface area contributed by atoms with Crippen molar-refractivity contribution in [2.45, 2.75) is 25.3 Å². The number of nitrogens with one attached hydrogen (secondary N) is 1. The molecule has 0 bridgehead atoms. The Kier molecular flexibility index (Phi) is 5.24. The average molecular weight is 314 g/mol. The minimum atomic E-state index is 0.0812. The van der Waals surface area contributed by atoms with Gasteiger partial charge in [-0.3, -0.25) is 4.79 Å². The molecule has 22 heavy (non-hydrogen) atoms. The number of nitrogens with zero attached hydrogens (tertiary/aromatic N) is 1. The van der Waals surface area contributed by atoms with Crippen LogP contribution in [0.4, 0.5) is 0 Å². The highest BCUT2D eigenvalue weighted by Gasteiger charge is 2.21. The summed E-state index contributed by atoms with van der Waals surface area (Å²) in [5.74, 6) is 0.0812. The maximum absolute atomic E-state index is 12.1. The van der Waals surface area contributed by atoms with Crippen LogP contribution in [0.25, 0.3) is 0 Å². The van der Waals surface area contributed by atoms with E-state index in [0.29, 0.717) is 6.04 Å². The lowest BCUT2D eigenvalue weighted by atomic mass is 10.0. The number of thiophene rings is 1. The third-order valence-corrected chi connectivity index (χ3v) is 5.10. The molecule has 4 heteroatoms. The Hall–Kier alpha value is -1.65. The van der Waals surface area contributed by atoms with Gasteiger partial charge in [0.05, 0.1) is 4.88 Å². The van der Waals surface area contributed by atoms with E-state index in [4.69, 9.17) is 0 Å². The van der Waals surface area contributed by atoms with Gasteiger partial charge in [0, 0.05) is 25.7 Å². The van der Waals surface area contributed by atoms with Crippen LogP contribution in [0, 0.1) is 0 Å². The second-order valence-electron chi connectivity index (χ2n) is 5.80. The zero-order valence-corrected chi connectivity index (χ0v) is 13.5. The molecule has 1 aromatic heterocycles. The van der Waals surface area contributed by atoms with Crippen molar-refractivity contribution in [3.05, 3.63) is 58.3 Å². The van der Waals surface area contributed by atoms with E-state index in [2.05, 4.69) is 40.5 Å². The quantitative estimate of drug-likeness (QED) is 0.919. The molecular weight excluding hydrogens is 292 g/mol. The molecule has 2 heterocycles. The lowest BCUT2D eigenvalue weighted by Crippen LogP contribution is -2.45. The van der Waals surface area contributed by atoms with Crippen LogP contribution in [0.1, 0.15) is 28.1 Å². The SMILES string of the molecule is O=C(NC1CCN(CCc2ccccc2)CC1)c1cccs1. The third-order valence-electron chi connectivity index (χ3n) is 4.23. The number of hydrogen-bond acceptors (Lipinski definition) is 3. The van der Waals surface area contributed by atoms with Crippen LogP contribution in [0.15, 0.2) is 47.8 Å². The number of benzene rings is 1. The van der Waals surface area contributed by atoms with Gasteiger partial charge in [0.15, 0.2) is 0 Å². The molecule has 2 aromatic rings. The number of piperidine rings is 1. The minimum absolute atomic E-state index is 0.0812. The van der Waals surface area contributed by atoms with Gasteiger partial charge in [-0.25, -0.2) is 0 Å². The van der Waals surface area contributed by atoms with Crippen molar-refractivity contribution in [1.82, 2.24) is 10.2 Å². The van der Waals surface area contributed by atoms with Crippen molar-refractivity contribution >= 4 is 17.2 Å². The maximum Gasteiger partial charge on any atom is 0.261 e. The van der Waals surface area contributed by atoms with E-state index in [1.54, 1.807) is 0 Å². The summed E-state index contributed by atoms with van der Waals surface area (Å²) in [6.45, 7) is 3.25. The van der Waals surface area contributed by atoms with Crippen molar-refractivity contribution in [3.63, 3.8) is 0 Å². The Labute approximate surface area is 136 Å². The van der Waals surface area contributed by atoms with E-state index >= 15 is 0 Å². The van der Waals surface area contributed by atoms with E-state index in [0.717, 1.165) is 43.8 Å². The van der Waals surface area contributed by atoms with Gasteiger partial charge in [-0.1, -0.05) is 36.4 Å². The van der Waals surface area contributed by atoms with Crippen molar-refractivity contribution in [2.24, 2.45) is 0 Å². The predicted molar refractivity (Wildman–Crippen MR) is 91.4 cm³/mol. The zero-order valence-electron chi connectivity index (χ0n) is 12.7. The molecule has 0 aliphatic carbocycles. The highest BCUT2D eigenvalue weighted by atomic mass is 32.1. The molecule has 3 rings (SSSR count). The Morgan fingerprint density at radius 1 is 1.14 bits per heavy atom. The molecule has 0 radical (unpaired) electrons. The molecule has 1 amide bonds. The largest absolute Gasteiger partial charge is 0.349 e. The first-order chi connectivity index (χ1) is 10.8. The van der Waals surface area contributed by atoms with Crippen LogP contribution in [0.3, 0.4) is 0 Å². The lowest BCUT2D eigenvalue weighted by Gasteiger charge is -2.32. The van der Waals surface area contributed by atoms with E-state index in [9.17, 15) is 4.79 Å². The first kappa shape index (κ1) is 15.3. The number of rotatable bonds is 5. The lowest BCUT2D eigenvalue weighted by molar-refractivity contribution is 0.0915. The van der Waals surface area contributed by atoms with Crippen molar-refractivity contribution in [1.29, 1.82) is 0 Å². The Bertz CT molecular complexity index is 574. The summed E-state index contributed by atoms with van der Waals surface area (Å²) in [5.41, 5.74) is 1.40. The predicted octanol–water partition coefficient (Wildman–Crippen LogP) is 3.19. The van der Waals surface area contributed by atoms with Crippen molar-refractivity contribution in [3.8, 4) is 0 Å². The molecule has 3 nitrogen and oxygen atoms in total. The summed E-state index contributed by atoms with van der Waals surface area (Å²) in [5, 5.41) is 5.11. The van der Waals surface area contributed by atoms with Crippen LogP contribution in [0.5, 0.6) is 0 Å². The Balaban J connectivity index is 1.40. The fourth-order valence-corrected chi connectivity index (χ4v) is 3.52. The standard InChI is InChI=1S/C18H22N2OS/c21-18(17-7-4-14-22-17)19-16-9-12-20(13-10-16)11-8-15-5-2-1-3-6-15/h1-7,14,16H,8-13H2,(H,19,21). The molecule has 1 N–H and O–H groups in total. The van der Waals surface area contributed by atoms with Crippen LogP contribution >= 0.6 is 11.3 Å². The summed E-state index contributed by atoms with van der Waals surface area (Å²) in [6, 6.07) is 14.8. The van der Waals surface area contributed by atoms with E-state index < -0.39 is 0 Å². The highest BCUT2D eigenvalue weighted by molar-refractivity contribution is 7.12. The summed E-state index contributed by atoms with van der Waals surface area (Å²) >= 11 is 1.50. The molecule has 1 aliphatic heterocycles. The van der Waals surface area contributed by atoms with Crippen LogP contribution in [-0.2, 0) is 6.42 Å². The molecule has 0 saturated carbocycles. The number of likely N-dealkylation sites (tertiary alicyclic amines) is 1. The van der Waals surface area contributed by atoms with Gasteiger partial charge in [-0.15, -0.1) is 11.3 Å². The van der Waals surface area contributed by atoms with Gasteiger partial charge >= 0.3 is 0 Å². The van der Waals surface area contributed by atoms with Gasteiger partial charge in [-0.05, 0) is 36.3 Å². The highest BCUT2D eigenvalue weighted by Crippen LogP contribution is 2.14. The van der Waals surface area contributed by atoms with Gasteiger partial charge < -0.3 is 10.2 Å². The molecule has 0 unspecified atom stereocenters. The second-order valence-corrected chi connectivity index (χ2v) is 6.75. The van der Waals surface area contributed by atoms with Crippen LogP contribution in [0.2, 0.25) is 0 Å². The molecule has 1 fully saturated rings. The summed E-state index contributed by atoms with van der Waals surface area (Å²) in [6.07, 6.45) is 3.20. The topological polar surface area (TPSA) is 32.3 Å². The second kappa shape index (κ2) is 7.56. The number of carbonyl (C=O) groups is 1. The molecule has 0 spiro atoms. The molecule has 1 aliphatic rings. The minimum Gasteiger partial charge on any atom is -0.349 e. The third kappa shape index (κ3) is 4.18. The van der Waals surface area contributed by atoms with Gasteiger partial charge in [0.2, 0.25) is 0 Å². The summed E-state index contributed by atoms with van der Waals surface area (Å²) < 4.78 is 0. The normalized spacial score (nSPS) is 16.5. The molecular formula is C18H22N2OS. The molecule has 1 saturated heterocycles. The van der Waals surface area contributed by atoms with Crippen LogP contribution in [-0.4, -0.2) is 36.5 Å². The molecule has 1 aromatic carbocycles. The fourth-order valence-electron chi connectivity index (χ4n) is 2.90. The van der Waals surface area contributed by atoms with Gasteiger partial charge in [0.1, 0.15) is 0 Å². The number of carbonyl (C=O) groups excluding carboxylic acids is 1. The first-order valence-corrected chi connectivity index (χ1v) is 8.80. The molecule has 116 valence electrons. The van der Waals surface area contributed by atoms with Gasteiger partial charge in [0.25, 0.3) is 5.91 Å². The van der Waals surface area contributed by atoms with Crippen molar-refractivity contribution < 1.29 is 4.79 Å². The Morgan fingerprint density at radius 2 is 1.91 bits per heavy atom. The summed E-state index contributed by atoms with van der Waals surface area (Å²) in [4.78, 5) is 15.4. The van der Waals surface area contributed by atoms with E-state index in [1.807, 2.05) is 17.5 Å². The Morgan fingerprint density at radius 3 is 2.59 bits per heavy atom. The maximum atomic E-state index is 12.1. The van der Waals surface area contributed by atoms with E-state index in [-0.39, 0.29) is 5.91 Å². The number of amides is 1. The monoisotopic (exact) mass is 314 g/mol. The first-order valence-electron chi connectivity index (χ1n) is 7.92. The number of hydrogen-bond donors (Lipinski definition) is 1. The van der Waals surface area contributed by atoms with E-state index in [1.165, 1.54) is 16.9 Å². The summed E-state index contributed by atoms with van der Waals surface area (Å²) in [7, 11) is 0.